The summed E-state index contributed by atoms with van der Waals surface area (Å²) in [5, 5.41) is 4.11. The second kappa shape index (κ2) is 6.66. The summed E-state index contributed by atoms with van der Waals surface area (Å²) in [6.07, 6.45) is 2.63. The van der Waals surface area contributed by atoms with Crippen LogP contribution in [0.2, 0.25) is 0 Å². The highest BCUT2D eigenvalue weighted by Gasteiger charge is 2.11. The van der Waals surface area contributed by atoms with Crippen molar-refractivity contribution in [1.82, 2.24) is 9.97 Å². The van der Waals surface area contributed by atoms with E-state index in [4.69, 9.17) is 4.74 Å². The Morgan fingerprint density at radius 2 is 2.04 bits per heavy atom. The van der Waals surface area contributed by atoms with E-state index in [1.54, 1.807) is 19.4 Å². The molecule has 0 atom stereocenters. The van der Waals surface area contributed by atoms with Crippen LogP contribution in [0.15, 0.2) is 42.6 Å². The first-order chi connectivity index (χ1) is 11.6. The standard InChI is InChI=1S/C19H19N3O2/c1-12(2)21-19-20-10-15-8-16(18(24-3)9-17(15)22-19)14-6-4-5-13(7-14)11-23/h4-12H,1-3H3,(H,20,21,22). The zero-order valence-corrected chi connectivity index (χ0v) is 13.9. The first kappa shape index (κ1) is 15.9. The topological polar surface area (TPSA) is 64.1 Å². The summed E-state index contributed by atoms with van der Waals surface area (Å²) >= 11 is 0. The number of hydrogen-bond acceptors (Lipinski definition) is 5. The fraction of sp³-hybridized carbons (Fsp3) is 0.211. The molecule has 3 rings (SSSR count). The molecule has 0 amide bonds. The van der Waals surface area contributed by atoms with Crippen LogP contribution in [0.3, 0.4) is 0 Å². The summed E-state index contributed by atoms with van der Waals surface area (Å²) in [7, 11) is 1.63. The highest BCUT2D eigenvalue weighted by molar-refractivity contribution is 5.89. The van der Waals surface area contributed by atoms with Gasteiger partial charge in [0.15, 0.2) is 0 Å². The zero-order valence-electron chi connectivity index (χ0n) is 13.9. The monoisotopic (exact) mass is 321 g/mol. The normalized spacial score (nSPS) is 10.8. The second-order valence-corrected chi connectivity index (χ2v) is 5.85. The number of carbonyl (C=O) groups excluding carboxylic acids is 1. The van der Waals surface area contributed by atoms with Crippen molar-refractivity contribution in [2.24, 2.45) is 0 Å². The fourth-order valence-corrected chi connectivity index (χ4v) is 2.56. The third kappa shape index (κ3) is 3.20. The van der Waals surface area contributed by atoms with Gasteiger partial charge in [0, 0.05) is 34.8 Å². The van der Waals surface area contributed by atoms with Crippen molar-refractivity contribution in [3.63, 3.8) is 0 Å². The van der Waals surface area contributed by atoms with E-state index in [1.165, 1.54) is 0 Å². The highest BCUT2D eigenvalue weighted by atomic mass is 16.5. The van der Waals surface area contributed by atoms with E-state index in [2.05, 4.69) is 15.3 Å². The molecule has 0 bridgehead atoms. The molecule has 0 unspecified atom stereocenters. The summed E-state index contributed by atoms with van der Waals surface area (Å²) in [5.41, 5.74) is 3.26. The average molecular weight is 321 g/mol. The molecule has 1 aromatic heterocycles. The lowest BCUT2D eigenvalue weighted by molar-refractivity contribution is 0.112. The van der Waals surface area contributed by atoms with Crippen LogP contribution < -0.4 is 10.1 Å². The van der Waals surface area contributed by atoms with Crippen LogP contribution in [-0.2, 0) is 0 Å². The predicted octanol–water partition coefficient (Wildman–Crippen LogP) is 3.94. The molecule has 0 aliphatic rings. The van der Waals surface area contributed by atoms with Crippen LogP contribution in [0.5, 0.6) is 5.75 Å². The van der Waals surface area contributed by atoms with Gasteiger partial charge in [-0.3, -0.25) is 4.79 Å². The van der Waals surface area contributed by atoms with Gasteiger partial charge in [-0.1, -0.05) is 18.2 Å². The first-order valence-corrected chi connectivity index (χ1v) is 7.77. The molecule has 0 aliphatic heterocycles. The maximum atomic E-state index is 11.0. The highest BCUT2D eigenvalue weighted by Crippen LogP contribution is 2.34. The molecule has 0 aliphatic carbocycles. The number of carbonyl (C=O) groups is 1. The van der Waals surface area contributed by atoms with Crippen molar-refractivity contribution >= 4 is 23.1 Å². The van der Waals surface area contributed by atoms with Crippen molar-refractivity contribution in [3.8, 4) is 16.9 Å². The Morgan fingerprint density at radius 3 is 2.75 bits per heavy atom. The van der Waals surface area contributed by atoms with Gasteiger partial charge in [0.25, 0.3) is 0 Å². The summed E-state index contributed by atoms with van der Waals surface area (Å²) < 4.78 is 5.53. The van der Waals surface area contributed by atoms with E-state index in [0.29, 0.717) is 17.3 Å². The number of hydrogen-bond donors (Lipinski definition) is 1. The lowest BCUT2D eigenvalue weighted by Gasteiger charge is -2.12. The van der Waals surface area contributed by atoms with Gasteiger partial charge in [-0.05, 0) is 31.5 Å². The van der Waals surface area contributed by atoms with Gasteiger partial charge >= 0.3 is 0 Å². The number of nitrogens with one attached hydrogen (secondary N) is 1. The van der Waals surface area contributed by atoms with E-state index < -0.39 is 0 Å². The molecule has 0 radical (unpaired) electrons. The van der Waals surface area contributed by atoms with Crippen molar-refractivity contribution in [1.29, 1.82) is 0 Å². The Kier molecular flexibility index (Phi) is 4.42. The maximum Gasteiger partial charge on any atom is 0.223 e. The molecule has 5 nitrogen and oxygen atoms in total. The van der Waals surface area contributed by atoms with Gasteiger partial charge in [0.2, 0.25) is 5.95 Å². The van der Waals surface area contributed by atoms with Crippen LogP contribution in [0, 0.1) is 0 Å². The lowest BCUT2D eigenvalue weighted by Crippen LogP contribution is -2.12. The number of anilines is 1. The molecule has 0 saturated heterocycles. The molecule has 1 N–H and O–H groups in total. The zero-order chi connectivity index (χ0) is 17.1. The molecule has 5 heteroatoms. The largest absolute Gasteiger partial charge is 0.496 e. The van der Waals surface area contributed by atoms with Gasteiger partial charge in [0.1, 0.15) is 12.0 Å². The summed E-state index contributed by atoms with van der Waals surface area (Å²) in [6, 6.07) is 11.6. The van der Waals surface area contributed by atoms with Crippen molar-refractivity contribution in [3.05, 3.63) is 48.2 Å². The molecule has 3 aromatic rings. The molecular formula is C19H19N3O2. The second-order valence-electron chi connectivity index (χ2n) is 5.85. The first-order valence-electron chi connectivity index (χ1n) is 7.77. The van der Waals surface area contributed by atoms with Crippen molar-refractivity contribution in [2.45, 2.75) is 19.9 Å². The average Bonchev–Trinajstić information content (AvgIpc) is 2.60. The Hall–Kier alpha value is -2.95. The Bertz CT molecular complexity index is 891. The number of aromatic nitrogens is 2. The van der Waals surface area contributed by atoms with Gasteiger partial charge < -0.3 is 10.1 Å². The minimum Gasteiger partial charge on any atom is -0.496 e. The van der Waals surface area contributed by atoms with Gasteiger partial charge in [0.05, 0.1) is 12.6 Å². The summed E-state index contributed by atoms with van der Waals surface area (Å²) in [5.74, 6) is 1.30. The van der Waals surface area contributed by atoms with Crippen molar-refractivity contribution < 1.29 is 9.53 Å². The number of fused-ring (bicyclic) bond motifs is 1. The Balaban J connectivity index is 2.13. The van der Waals surface area contributed by atoms with Gasteiger partial charge in [-0.2, -0.15) is 0 Å². The molecular weight excluding hydrogens is 302 g/mol. The molecule has 0 spiro atoms. The molecule has 122 valence electrons. The van der Waals surface area contributed by atoms with Crippen LogP contribution in [-0.4, -0.2) is 29.4 Å². The third-order valence-corrected chi connectivity index (χ3v) is 3.65. The third-order valence-electron chi connectivity index (χ3n) is 3.65. The van der Waals surface area contributed by atoms with Crippen LogP contribution in [0.4, 0.5) is 5.95 Å². The SMILES string of the molecule is COc1cc2nc(NC(C)C)ncc2cc1-c1cccc(C=O)c1. The Labute approximate surface area is 140 Å². The molecule has 0 fully saturated rings. The number of nitrogens with zero attached hydrogens (tertiary/aromatic N) is 2. The summed E-state index contributed by atoms with van der Waals surface area (Å²) in [6.45, 7) is 4.08. The minimum absolute atomic E-state index is 0.259. The van der Waals surface area contributed by atoms with E-state index in [0.717, 1.165) is 28.3 Å². The van der Waals surface area contributed by atoms with E-state index in [9.17, 15) is 4.79 Å². The number of ether oxygens (including phenoxy) is 1. The van der Waals surface area contributed by atoms with Gasteiger partial charge in [-0.25, -0.2) is 9.97 Å². The van der Waals surface area contributed by atoms with Crippen molar-refractivity contribution in [2.75, 3.05) is 12.4 Å². The smallest absolute Gasteiger partial charge is 0.223 e. The molecule has 1 heterocycles. The van der Waals surface area contributed by atoms with E-state index >= 15 is 0 Å². The fourth-order valence-electron chi connectivity index (χ4n) is 2.56. The van der Waals surface area contributed by atoms with E-state index in [-0.39, 0.29) is 6.04 Å². The Morgan fingerprint density at radius 1 is 1.21 bits per heavy atom. The number of aldehydes is 1. The summed E-state index contributed by atoms with van der Waals surface area (Å²) in [4.78, 5) is 19.9. The maximum absolute atomic E-state index is 11.0. The van der Waals surface area contributed by atoms with Crippen LogP contribution in [0.1, 0.15) is 24.2 Å². The number of methoxy groups -OCH3 is 1. The minimum atomic E-state index is 0.259. The van der Waals surface area contributed by atoms with Crippen LogP contribution >= 0.6 is 0 Å². The quantitative estimate of drug-likeness (QED) is 0.721. The molecule has 24 heavy (non-hydrogen) atoms. The predicted molar refractivity (Wildman–Crippen MR) is 95.7 cm³/mol. The lowest BCUT2D eigenvalue weighted by atomic mass is 10.0. The number of benzene rings is 2. The van der Waals surface area contributed by atoms with Crippen LogP contribution in [0.25, 0.3) is 22.0 Å². The molecule has 2 aromatic carbocycles. The number of rotatable bonds is 5. The molecule has 0 saturated carbocycles. The van der Waals surface area contributed by atoms with Gasteiger partial charge in [-0.15, -0.1) is 0 Å². The van der Waals surface area contributed by atoms with E-state index in [1.807, 2.05) is 44.2 Å².